The fourth-order valence-electron chi connectivity index (χ4n) is 11.3. The van der Waals surface area contributed by atoms with Crippen LogP contribution in [0.25, 0.3) is 0 Å². The lowest BCUT2D eigenvalue weighted by Gasteiger charge is -2.70. The Morgan fingerprint density at radius 1 is 0.886 bits per heavy atom. The van der Waals surface area contributed by atoms with Gasteiger partial charge >= 0.3 is 5.97 Å². The van der Waals surface area contributed by atoms with Gasteiger partial charge in [0.2, 0.25) is 0 Å². The van der Waals surface area contributed by atoms with Crippen molar-refractivity contribution in [1.29, 1.82) is 0 Å². The van der Waals surface area contributed by atoms with Crippen LogP contribution in [-0.4, -0.2) is 23.8 Å². The molecule has 198 valence electrons. The molecule has 0 spiro atoms. The van der Waals surface area contributed by atoms with Gasteiger partial charge in [-0.3, -0.25) is 4.79 Å². The van der Waals surface area contributed by atoms with E-state index in [-0.39, 0.29) is 39.1 Å². The van der Waals surface area contributed by atoms with Gasteiger partial charge in [-0.05, 0) is 104 Å². The van der Waals surface area contributed by atoms with Gasteiger partial charge in [0.05, 0.1) is 0 Å². The van der Waals surface area contributed by atoms with Crippen LogP contribution < -0.4 is 0 Å². The fourth-order valence-corrected chi connectivity index (χ4v) is 11.3. The summed E-state index contributed by atoms with van der Waals surface area (Å²) in [5, 5.41) is 10.7. The summed E-state index contributed by atoms with van der Waals surface area (Å²) >= 11 is 0. The molecule has 0 heterocycles. The summed E-state index contributed by atoms with van der Waals surface area (Å²) in [6.07, 6.45) is 14.6. The first-order chi connectivity index (χ1) is 16.1. The number of ether oxygens (including phenoxy) is 1. The lowest BCUT2D eigenvalue weighted by atomic mass is 9.34. The van der Waals surface area contributed by atoms with Gasteiger partial charge in [-0.25, -0.2) is 0 Å². The molecule has 3 heteroatoms. The van der Waals surface area contributed by atoms with E-state index >= 15 is 0 Å². The summed E-state index contributed by atoms with van der Waals surface area (Å²) in [4.78, 5) is 11.9. The SMILES string of the molecule is CC(=O)O[C@H]1CC[C@]2(C)[C@H]3CC[C@]4(C)C(=CC[C@@]5(CO)CCC(C)(C)C[C@H]54)[C@]3(C)CC[C@H]2C1(C)C. The second-order valence-corrected chi connectivity index (χ2v) is 15.7. The van der Waals surface area contributed by atoms with Crippen LogP contribution in [-0.2, 0) is 9.53 Å². The summed E-state index contributed by atoms with van der Waals surface area (Å²) in [5.74, 6) is 1.73. The Labute approximate surface area is 214 Å². The minimum absolute atomic E-state index is 0.0150. The van der Waals surface area contributed by atoms with Crippen molar-refractivity contribution in [1.82, 2.24) is 0 Å². The third kappa shape index (κ3) is 3.48. The third-order valence-corrected chi connectivity index (χ3v) is 13.1. The molecule has 0 aromatic carbocycles. The summed E-state index contributed by atoms with van der Waals surface area (Å²) in [6, 6.07) is 0. The molecule has 0 aromatic heterocycles. The molecule has 4 fully saturated rings. The van der Waals surface area contributed by atoms with E-state index in [1.54, 1.807) is 12.5 Å². The van der Waals surface area contributed by atoms with Crippen LogP contribution in [0, 0.1) is 50.2 Å². The first-order valence-corrected chi connectivity index (χ1v) is 14.6. The van der Waals surface area contributed by atoms with Gasteiger partial charge in [0.25, 0.3) is 0 Å². The summed E-state index contributed by atoms with van der Waals surface area (Å²) in [6.45, 7) is 19.4. The average molecular weight is 485 g/mol. The Morgan fingerprint density at radius 2 is 1.51 bits per heavy atom. The summed E-state index contributed by atoms with van der Waals surface area (Å²) in [5.41, 5.74) is 2.96. The molecule has 35 heavy (non-hydrogen) atoms. The number of hydrogen-bond acceptors (Lipinski definition) is 3. The van der Waals surface area contributed by atoms with Gasteiger partial charge < -0.3 is 9.84 Å². The molecule has 0 saturated heterocycles. The highest BCUT2D eigenvalue weighted by atomic mass is 16.5. The maximum Gasteiger partial charge on any atom is 0.302 e. The molecule has 0 radical (unpaired) electrons. The highest BCUT2D eigenvalue weighted by molar-refractivity contribution is 5.66. The zero-order chi connectivity index (χ0) is 25.7. The molecule has 1 N–H and O–H groups in total. The zero-order valence-corrected chi connectivity index (χ0v) is 23.9. The average Bonchev–Trinajstić information content (AvgIpc) is 2.75. The van der Waals surface area contributed by atoms with Crippen molar-refractivity contribution < 1.29 is 14.6 Å². The topological polar surface area (TPSA) is 46.5 Å². The molecular formula is C32H52O3. The highest BCUT2D eigenvalue weighted by Gasteiger charge is 2.67. The Bertz CT molecular complexity index is 916. The molecule has 0 bridgehead atoms. The number of aliphatic hydroxyl groups excluding tert-OH is 1. The molecular weight excluding hydrogens is 432 g/mol. The molecule has 0 amide bonds. The van der Waals surface area contributed by atoms with Crippen LogP contribution >= 0.6 is 0 Å². The number of allylic oxidation sites excluding steroid dienone is 2. The van der Waals surface area contributed by atoms with Crippen LogP contribution in [0.3, 0.4) is 0 Å². The monoisotopic (exact) mass is 484 g/mol. The van der Waals surface area contributed by atoms with E-state index in [9.17, 15) is 9.90 Å². The molecule has 0 aromatic rings. The van der Waals surface area contributed by atoms with E-state index in [2.05, 4.69) is 54.5 Å². The Morgan fingerprint density at radius 3 is 2.14 bits per heavy atom. The Hall–Kier alpha value is -0.830. The van der Waals surface area contributed by atoms with Gasteiger partial charge in [-0.15, -0.1) is 0 Å². The van der Waals surface area contributed by atoms with Crippen LogP contribution in [0.4, 0.5) is 0 Å². The first-order valence-electron chi connectivity index (χ1n) is 14.6. The van der Waals surface area contributed by atoms with Crippen LogP contribution in [0.15, 0.2) is 11.6 Å². The number of esters is 1. The zero-order valence-electron chi connectivity index (χ0n) is 23.9. The number of aliphatic hydroxyl groups is 1. The predicted octanol–water partition coefficient (Wildman–Crippen LogP) is 7.71. The lowest BCUT2D eigenvalue weighted by molar-refractivity contribution is -0.199. The van der Waals surface area contributed by atoms with E-state index < -0.39 is 0 Å². The van der Waals surface area contributed by atoms with Crippen LogP contribution in [0.1, 0.15) is 120 Å². The van der Waals surface area contributed by atoms with E-state index in [1.165, 1.54) is 51.4 Å². The van der Waals surface area contributed by atoms with Gasteiger partial charge in [-0.2, -0.15) is 0 Å². The number of carbonyl (C=O) groups is 1. The first kappa shape index (κ1) is 25.8. The van der Waals surface area contributed by atoms with E-state index in [1.807, 2.05) is 0 Å². The van der Waals surface area contributed by atoms with Crippen molar-refractivity contribution in [3.63, 3.8) is 0 Å². The molecule has 0 unspecified atom stereocenters. The van der Waals surface area contributed by atoms with Gasteiger partial charge in [0.15, 0.2) is 0 Å². The van der Waals surface area contributed by atoms with E-state index in [4.69, 9.17) is 4.74 Å². The number of hydrogen-bond donors (Lipinski definition) is 1. The minimum atomic E-state index is -0.129. The van der Waals surface area contributed by atoms with E-state index in [0.29, 0.717) is 29.8 Å². The van der Waals surface area contributed by atoms with Crippen LogP contribution in [0.5, 0.6) is 0 Å². The maximum absolute atomic E-state index is 11.9. The second kappa shape index (κ2) is 7.84. The molecule has 0 aliphatic heterocycles. The Balaban J connectivity index is 1.52. The number of carbonyl (C=O) groups excluding carboxylic acids is 1. The standard InChI is InChI=1S/C32H52O3/c1-21(34)35-26-12-15-29(6)22(28(26,4)5)9-13-30(7)23(29)10-14-31(8)24(30)11-16-32(20-33)18-17-27(2,3)19-25(31)32/h11,22-23,25-26,33H,9-10,12-20H2,1-8H3/t22-,23+,25-,26-,29-,30+,31+,32-/m0/s1. The molecule has 4 saturated carbocycles. The Kier molecular flexibility index (Phi) is 5.78. The molecule has 5 aliphatic carbocycles. The van der Waals surface area contributed by atoms with Crippen LogP contribution in [0.2, 0.25) is 0 Å². The highest BCUT2D eigenvalue weighted by Crippen LogP contribution is 2.75. The predicted molar refractivity (Wildman–Crippen MR) is 142 cm³/mol. The summed E-state index contributed by atoms with van der Waals surface area (Å²) < 4.78 is 5.89. The lowest BCUT2D eigenvalue weighted by Crippen LogP contribution is -2.63. The molecule has 5 aliphatic rings. The van der Waals surface area contributed by atoms with Crippen molar-refractivity contribution in [3.05, 3.63) is 11.6 Å². The van der Waals surface area contributed by atoms with Gasteiger partial charge in [0, 0.05) is 24.4 Å². The van der Waals surface area contributed by atoms with Gasteiger partial charge in [0.1, 0.15) is 6.10 Å². The molecule has 3 nitrogen and oxygen atoms in total. The largest absolute Gasteiger partial charge is 0.462 e. The smallest absolute Gasteiger partial charge is 0.302 e. The van der Waals surface area contributed by atoms with E-state index in [0.717, 1.165) is 12.8 Å². The maximum atomic E-state index is 11.9. The second-order valence-electron chi connectivity index (χ2n) is 15.7. The molecule has 5 rings (SSSR count). The quantitative estimate of drug-likeness (QED) is 0.322. The van der Waals surface area contributed by atoms with Crippen molar-refractivity contribution in [2.45, 2.75) is 126 Å². The van der Waals surface area contributed by atoms with Crippen molar-refractivity contribution in [2.24, 2.45) is 50.2 Å². The minimum Gasteiger partial charge on any atom is -0.462 e. The normalized spacial score (nSPS) is 50.0. The number of fused-ring (bicyclic) bond motifs is 7. The van der Waals surface area contributed by atoms with Crippen molar-refractivity contribution in [3.8, 4) is 0 Å². The van der Waals surface area contributed by atoms with Crippen molar-refractivity contribution >= 4 is 5.97 Å². The number of rotatable bonds is 2. The summed E-state index contributed by atoms with van der Waals surface area (Å²) in [7, 11) is 0. The van der Waals surface area contributed by atoms with Gasteiger partial charge in [-0.1, -0.05) is 60.1 Å². The third-order valence-electron chi connectivity index (χ3n) is 13.1. The van der Waals surface area contributed by atoms with Crippen molar-refractivity contribution in [2.75, 3.05) is 6.61 Å². The fraction of sp³-hybridized carbons (Fsp3) is 0.906. The molecule has 8 atom stereocenters.